The Bertz CT molecular complexity index is 968. The van der Waals surface area contributed by atoms with Crippen molar-refractivity contribution < 1.29 is 4.74 Å². The molecular weight excluding hydrogens is 539 g/mol. The molecular formula is C26H37IN6O. The Morgan fingerprint density at radius 2 is 1.88 bits per heavy atom. The molecule has 34 heavy (non-hydrogen) atoms. The van der Waals surface area contributed by atoms with Gasteiger partial charge in [0.05, 0.1) is 6.04 Å². The number of nitrogens with one attached hydrogen (secondary N) is 2. The molecule has 0 amide bonds. The Hall–Kier alpha value is -2.07. The van der Waals surface area contributed by atoms with Gasteiger partial charge in [-0.3, -0.25) is 4.99 Å². The zero-order chi connectivity index (χ0) is 22.7. The molecule has 2 fully saturated rings. The number of hydrogen-bond donors (Lipinski definition) is 2. The summed E-state index contributed by atoms with van der Waals surface area (Å²) in [5.41, 5.74) is 2.33. The van der Waals surface area contributed by atoms with E-state index in [2.05, 4.69) is 68.9 Å². The van der Waals surface area contributed by atoms with Crippen molar-refractivity contribution in [2.75, 3.05) is 45.2 Å². The van der Waals surface area contributed by atoms with Crippen molar-refractivity contribution >= 4 is 35.8 Å². The fourth-order valence-corrected chi connectivity index (χ4v) is 5.36. The van der Waals surface area contributed by atoms with Crippen LogP contribution in [-0.2, 0) is 6.54 Å². The molecule has 1 spiro atoms. The number of benzene rings is 1. The van der Waals surface area contributed by atoms with Crippen LogP contribution in [0.15, 0.2) is 47.6 Å². The largest absolute Gasteiger partial charge is 0.487 e. The first kappa shape index (κ1) is 25.0. The van der Waals surface area contributed by atoms with Crippen molar-refractivity contribution in [1.82, 2.24) is 20.5 Å². The van der Waals surface area contributed by atoms with Gasteiger partial charge < -0.3 is 25.2 Å². The molecule has 184 valence electrons. The van der Waals surface area contributed by atoms with E-state index in [-0.39, 0.29) is 35.6 Å². The van der Waals surface area contributed by atoms with E-state index in [4.69, 9.17) is 9.72 Å². The maximum Gasteiger partial charge on any atom is 0.191 e. The SMILES string of the molecule is CN=C(NCc1ccc(N2CCN(C)CC2)nc1)NC1CC2(CCCC2)Oc2ccccc21.I. The number of rotatable bonds is 4. The molecule has 0 radical (unpaired) electrons. The summed E-state index contributed by atoms with van der Waals surface area (Å²) < 4.78 is 6.51. The van der Waals surface area contributed by atoms with Gasteiger partial charge in [-0.05, 0) is 50.4 Å². The summed E-state index contributed by atoms with van der Waals surface area (Å²) in [6, 6.07) is 12.9. The minimum absolute atomic E-state index is 0. The van der Waals surface area contributed by atoms with E-state index in [0.29, 0.717) is 6.54 Å². The topological polar surface area (TPSA) is 65.0 Å². The fraction of sp³-hybridized carbons (Fsp3) is 0.538. The lowest BCUT2D eigenvalue weighted by Gasteiger charge is -2.40. The molecule has 1 aliphatic carbocycles. The van der Waals surface area contributed by atoms with Crippen LogP contribution in [0, 0.1) is 0 Å². The summed E-state index contributed by atoms with van der Waals surface area (Å²) in [6.45, 7) is 4.93. The smallest absolute Gasteiger partial charge is 0.191 e. The summed E-state index contributed by atoms with van der Waals surface area (Å²) >= 11 is 0. The summed E-state index contributed by atoms with van der Waals surface area (Å²) in [6.07, 6.45) is 7.73. The second kappa shape index (κ2) is 11.1. The van der Waals surface area contributed by atoms with Crippen molar-refractivity contribution in [2.24, 2.45) is 4.99 Å². The number of piperazine rings is 1. The lowest BCUT2D eigenvalue weighted by molar-refractivity contribution is 0.0396. The highest BCUT2D eigenvalue weighted by Crippen LogP contribution is 2.46. The van der Waals surface area contributed by atoms with Crippen molar-refractivity contribution in [1.29, 1.82) is 0 Å². The van der Waals surface area contributed by atoms with Gasteiger partial charge in [-0.2, -0.15) is 0 Å². The van der Waals surface area contributed by atoms with Gasteiger partial charge in [-0.15, -0.1) is 24.0 Å². The number of aliphatic imine (C=N–C) groups is 1. The monoisotopic (exact) mass is 576 g/mol. The third-order valence-corrected chi connectivity index (χ3v) is 7.34. The second-order valence-electron chi connectivity index (χ2n) is 9.67. The number of guanidine groups is 1. The maximum atomic E-state index is 6.51. The van der Waals surface area contributed by atoms with Crippen LogP contribution in [0.1, 0.15) is 49.3 Å². The highest BCUT2D eigenvalue weighted by atomic mass is 127. The Morgan fingerprint density at radius 1 is 1.12 bits per heavy atom. The van der Waals surface area contributed by atoms with Gasteiger partial charge in [0.2, 0.25) is 0 Å². The fourth-order valence-electron chi connectivity index (χ4n) is 5.36. The van der Waals surface area contributed by atoms with Crippen molar-refractivity contribution in [3.63, 3.8) is 0 Å². The van der Waals surface area contributed by atoms with Crippen LogP contribution < -0.4 is 20.3 Å². The van der Waals surface area contributed by atoms with Crippen LogP contribution in [0.5, 0.6) is 5.75 Å². The predicted octanol–water partition coefficient (Wildman–Crippen LogP) is 3.95. The third-order valence-electron chi connectivity index (χ3n) is 7.34. The molecule has 0 bridgehead atoms. The van der Waals surface area contributed by atoms with Crippen LogP contribution in [0.2, 0.25) is 0 Å². The number of para-hydroxylation sites is 1. The first-order valence-electron chi connectivity index (χ1n) is 12.3. The lowest BCUT2D eigenvalue weighted by atomic mass is 9.86. The molecule has 2 aliphatic heterocycles. The number of ether oxygens (including phenoxy) is 1. The molecule has 1 aromatic heterocycles. The van der Waals surface area contributed by atoms with Gasteiger partial charge in [-0.25, -0.2) is 4.98 Å². The molecule has 7 nitrogen and oxygen atoms in total. The summed E-state index contributed by atoms with van der Waals surface area (Å²) in [4.78, 5) is 13.9. The van der Waals surface area contributed by atoms with E-state index < -0.39 is 0 Å². The molecule has 1 atom stereocenters. The Balaban J connectivity index is 0.00000274. The van der Waals surface area contributed by atoms with Gasteiger partial charge >= 0.3 is 0 Å². The summed E-state index contributed by atoms with van der Waals surface area (Å²) in [7, 11) is 4.01. The van der Waals surface area contributed by atoms with Crippen molar-refractivity contribution in [3.05, 3.63) is 53.7 Å². The Kier molecular flexibility index (Phi) is 8.18. The van der Waals surface area contributed by atoms with Gasteiger partial charge in [0, 0.05) is 58.0 Å². The number of pyridine rings is 1. The van der Waals surface area contributed by atoms with E-state index in [0.717, 1.165) is 68.5 Å². The molecule has 3 heterocycles. The van der Waals surface area contributed by atoms with Gasteiger partial charge in [-0.1, -0.05) is 24.3 Å². The van der Waals surface area contributed by atoms with Crippen molar-refractivity contribution in [2.45, 2.75) is 50.3 Å². The van der Waals surface area contributed by atoms with E-state index in [9.17, 15) is 0 Å². The zero-order valence-electron chi connectivity index (χ0n) is 20.3. The molecule has 1 saturated heterocycles. The number of halogens is 1. The lowest BCUT2D eigenvalue weighted by Crippen LogP contribution is -2.46. The van der Waals surface area contributed by atoms with Gasteiger partial charge in [0.1, 0.15) is 17.2 Å². The molecule has 2 aromatic rings. The molecule has 2 N–H and O–H groups in total. The van der Waals surface area contributed by atoms with E-state index >= 15 is 0 Å². The number of fused-ring (bicyclic) bond motifs is 1. The highest BCUT2D eigenvalue weighted by molar-refractivity contribution is 14.0. The number of nitrogens with zero attached hydrogens (tertiary/aromatic N) is 4. The van der Waals surface area contributed by atoms with Crippen molar-refractivity contribution in [3.8, 4) is 5.75 Å². The Labute approximate surface area is 220 Å². The second-order valence-corrected chi connectivity index (χ2v) is 9.67. The zero-order valence-corrected chi connectivity index (χ0v) is 22.6. The predicted molar refractivity (Wildman–Crippen MR) is 148 cm³/mol. The van der Waals surface area contributed by atoms with E-state index in [1.807, 2.05) is 13.2 Å². The number of anilines is 1. The molecule has 1 unspecified atom stereocenters. The van der Waals surface area contributed by atoms with E-state index in [1.54, 1.807) is 0 Å². The summed E-state index contributed by atoms with van der Waals surface area (Å²) in [5, 5.41) is 7.16. The van der Waals surface area contributed by atoms with Gasteiger partial charge in [0.25, 0.3) is 0 Å². The molecule has 5 rings (SSSR count). The summed E-state index contributed by atoms with van der Waals surface area (Å²) in [5.74, 6) is 2.89. The molecule has 3 aliphatic rings. The first-order chi connectivity index (χ1) is 16.1. The quantitative estimate of drug-likeness (QED) is 0.327. The number of hydrogen-bond acceptors (Lipinski definition) is 5. The van der Waals surface area contributed by atoms with Crippen LogP contribution in [0.25, 0.3) is 0 Å². The number of aromatic nitrogens is 1. The highest BCUT2D eigenvalue weighted by Gasteiger charge is 2.43. The first-order valence-corrected chi connectivity index (χ1v) is 12.3. The molecule has 1 aromatic carbocycles. The van der Waals surface area contributed by atoms with Crippen LogP contribution in [0.3, 0.4) is 0 Å². The van der Waals surface area contributed by atoms with E-state index in [1.165, 1.54) is 18.4 Å². The number of likely N-dealkylation sites (N-methyl/N-ethyl adjacent to an activating group) is 1. The molecule has 1 saturated carbocycles. The Morgan fingerprint density at radius 3 is 2.59 bits per heavy atom. The average Bonchev–Trinajstić information content (AvgIpc) is 3.29. The third kappa shape index (κ3) is 5.59. The minimum Gasteiger partial charge on any atom is -0.487 e. The van der Waals surface area contributed by atoms with Crippen LogP contribution in [-0.4, -0.2) is 61.7 Å². The average molecular weight is 577 g/mol. The van der Waals surface area contributed by atoms with Crippen LogP contribution in [0.4, 0.5) is 5.82 Å². The van der Waals surface area contributed by atoms with Crippen LogP contribution >= 0.6 is 24.0 Å². The maximum absolute atomic E-state index is 6.51. The van der Waals surface area contributed by atoms with Gasteiger partial charge in [0.15, 0.2) is 5.96 Å². The normalized spacial score (nSPS) is 22.0. The minimum atomic E-state index is -0.0338. The standard InChI is InChI=1S/C26H36N6O.HI/c1-27-25(29-19-20-9-10-24(28-18-20)32-15-13-31(2)14-16-32)30-22-17-26(11-5-6-12-26)33-23-8-4-3-7-21(22)23;/h3-4,7-10,18,22H,5-6,11-17,19H2,1-2H3,(H2,27,29,30);1H. The molecule has 8 heteroatoms.